The standard InChI is InChI=1S/C19H23N3O5S/c1-27-19-10-3-2-9-17(19)18(21-11-4-5-12-21)14-20-28(25,26)16-8-6-7-15(13-16)22(23)24/h2-3,6-10,13,18,20H,4-5,11-12,14H2,1H3. The van der Waals surface area contributed by atoms with Gasteiger partial charge < -0.3 is 4.74 Å². The van der Waals surface area contributed by atoms with Crippen molar-refractivity contribution in [3.05, 3.63) is 64.2 Å². The molecule has 1 aliphatic rings. The topological polar surface area (TPSA) is 102 Å². The largest absolute Gasteiger partial charge is 0.496 e. The van der Waals surface area contributed by atoms with E-state index < -0.39 is 14.9 Å². The third-order valence-corrected chi connectivity index (χ3v) is 6.31. The van der Waals surface area contributed by atoms with Crippen LogP contribution in [0, 0.1) is 10.1 Å². The molecular formula is C19H23N3O5S. The van der Waals surface area contributed by atoms with Crippen LogP contribution in [0.1, 0.15) is 24.4 Å². The van der Waals surface area contributed by atoms with Crippen molar-refractivity contribution >= 4 is 15.7 Å². The van der Waals surface area contributed by atoms with Crippen LogP contribution in [0.25, 0.3) is 0 Å². The van der Waals surface area contributed by atoms with Crippen molar-refractivity contribution in [3.63, 3.8) is 0 Å². The summed E-state index contributed by atoms with van der Waals surface area (Å²) in [7, 11) is -2.30. The van der Waals surface area contributed by atoms with Gasteiger partial charge in [-0.1, -0.05) is 24.3 Å². The fourth-order valence-corrected chi connectivity index (χ4v) is 4.54. The maximum Gasteiger partial charge on any atom is 0.270 e. The second-order valence-corrected chi connectivity index (χ2v) is 8.37. The molecule has 1 atom stereocenters. The first-order valence-electron chi connectivity index (χ1n) is 9.03. The maximum atomic E-state index is 12.7. The van der Waals surface area contributed by atoms with Crippen molar-refractivity contribution in [2.45, 2.75) is 23.8 Å². The van der Waals surface area contributed by atoms with Crippen LogP contribution in [-0.4, -0.2) is 45.0 Å². The molecular weight excluding hydrogens is 382 g/mol. The van der Waals surface area contributed by atoms with E-state index in [2.05, 4.69) is 9.62 Å². The number of sulfonamides is 1. The monoisotopic (exact) mass is 405 g/mol. The van der Waals surface area contributed by atoms with E-state index in [1.165, 1.54) is 18.2 Å². The van der Waals surface area contributed by atoms with Crippen LogP contribution >= 0.6 is 0 Å². The van der Waals surface area contributed by atoms with Gasteiger partial charge in [0.2, 0.25) is 10.0 Å². The Morgan fingerprint density at radius 2 is 1.89 bits per heavy atom. The fourth-order valence-electron chi connectivity index (χ4n) is 3.47. The molecule has 0 bridgehead atoms. The molecule has 0 spiro atoms. The Hall–Kier alpha value is -2.49. The molecule has 1 N–H and O–H groups in total. The number of likely N-dealkylation sites (tertiary alicyclic amines) is 1. The average molecular weight is 405 g/mol. The van der Waals surface area contributed by atoms with Gasteiger partial charge in [0, 0.05) is 24.2 Å². The molecule has 0 saturated carbocycles. The quantitative estimate of drug-likeness (QED) is 0.535. The molecule has 0 radical (unpaired) electrons. The Kier molecular flexibility index (Phi) is 6.28. The summed E-state index contributed by atoms with van der Waals surface area (Å²) in [5, 5.41) is 10.9. The zero-order valence-corrected chi connectivity index (χ0v) is 16.4. The van der Waals surface area contributed by atoms with Gasteiger partial charge in [-0.2, -0.15) is 0 Å². The summed E-state index contributed by atoms with van der Waals surface area (Å²) in [6.45, 7) is 1.90. The summed E-state index contributed by atoms with van der Waals surface area (Å²) in [6, 6.07) is 12.4. The second kappa shape index (κ2) is 8.68. The van der Waals surface area contributed by atoms with Crippen molar-refractivity contribution in [3.8, 4) is 5.75 Å². The van der Waals surface area contributed by atoms with Crippen molar-refractivity contribution in [1.29, 1.82) is 0 Å². The van der Waals surface area contributed by atoms with Crippen LogP contribution in [0.4, 0.5) is 5.69 Å². The molecule has 1 saturated heterocycles. The van der Waals surface area contributed by atoms with Crippen LogP contribution < -0.4 is 9.46 Å². The van der Waals surface area contributed by atoms with Crippen molar-refractivity contribution in [2.24, 2.45) is 0 Å². The minimum atomic E-state index is -3.89. The molecule has 150 valence electrons. The van der Waals surface area contributed by atoms with Crippen molar-refractivity contribution in [1.82, 2.24) is 9.62 Å². The molecule has 0 aliphatic carbocycles. The number of nitrogens with one attached hydrogen (secondary N) is 1. The normalized spacial score (nSPS) is 16.0. The minimum Gasteiger partial charge on any atom is -0.496 e. The van der Waals surface area contributed by atoms with E-state index in [4.69, 9.17) is 4.74 Å². The smallest absolute Gasteiger partial charge is 0.270 e. The molecule has 8 nitrogen and oxygen atoms in total. The lowest BCUT2D eigenvalue weighted by Gasteiger charge is -2.29. The van der Waals surface area contributed by atoms with Crippen molar-refractivity contribution in [2.75, 3.05) is 26.7 Å². The van der Waals surface area contributed by atoms with E-state index in [1.54, 1.807) is 7.11 Å². The summed E-state index contributed by atoms with van der Waals surface area (Å²) in [6.07, 6.45) is 2.12. The number of hydrogen-bond donors (Lipinski definition) is 1. The number of nitro groups is 1. The lowest BCUT2D eigenvalue weighted by atomic mass is 10.0. The molecule has 2 aromatic rings. The van der Waals surface area contributed by atoms with Crippen LogP contribution in [0.3, 0.4) is 0 Å². The lowest BCUT2D eigenvalue weighted by Crippen LogP contribution is -2.37. The summed E-state index contributed by atoms with van der Waals surface area (Å²) >= 11 is 0. The van der Waals surface area contributed by atoms with Gasteiger partial charge in [-0.05, 0) is 38.1 Å². The van der Waals surface area contributed by atoms with Crippen LogP contribution in [0.15, 0.2) is 53.4 Å². The SMILES string of the molecule is COc1ccccc1C(CNS(=O)(=O)c1cccc([N+](=O)[O-])c1)N1CCCC1. The summed E-state index contributed by atoms with van der Waals surface area (Å²) in [5.41, 5.74) is 0.650. The highest BCUT2D eigenvalue weighted by atomic mass is 32.2. The number of para-hydroxylation sites is 1. The van der Waals surface area contributed by atoms with Gasteiger partial charge in [0.25, 0.3) is 5.69 Å². The molecule has 3 rings (SSSR count). The Labute approximate surface area is 164 Å². The number of methoxy groups -OCH3 is 1. The predicted molar refractivity (Wildman–Crippen MR) is 105 cm³/mol. The number of nitro benzene ring substituents is 1. The van der Waals surface area contributed by atoms with Gasteiger partial charge in [0.15, 0.2) is 0 Å². The van der Waals surface area contributed by atoms with Gasteiger partial charge >= 0.3 is 0 Å². The Morgan fingerprint density at radius 1 is 1.18 bits per heavy atom. The highest BCUT2D eigenvalue weighted by Gasteiger charge is 2.28. The minimum absolute atomic E-state index is 0.123. The lowest BCUT2D eigenvalue weighted by molar-refractivity contribution is -0.385. The van der Waals surface area contributed by atoms with E-state index in [0.717, 1.165) is 37.6 Å². The molecule has 1 heterocycles. The zero-order valence-electron chi connectivity index (χ0n) is 15.6. The highest BCUT2D eigenvalue weighted by Crippen LogP contribution is 2.31. The molecule has 1 unspecified atom stereocenters. The zero-order chi connectivity index (χ0) is 20.1. The Morgan fingerprint density at radius 3 is 2.57 bits per heavy atom. The first-order valence-corrected chi connectivity index (χ1v) is 10.5. The molecule has 9 heteroatoms. The number of hydrogen-bond acceptors (Lipinski definition) is 6. The summed E-state index contributed by atoms with van der Waals surface area (Å²) < 4.78 is 33.5. The molecule has 0 aromatic heterocycles. The van der Waals surface area contributed by atoms with Crippen molar-refractivity contribution < 1.29 is 18.1 Å². The number of nitrogens with zero attached hydrogens (tertiary/aromatic N) is 2. The first-order chi connectivity index (χ1) is 13.4. The average Bonchev–Trinajstić information content (AvgIpc) is 3.23. The maximum absolute atomic E-state index is 12.7. The van der Waals surface area contributed by atoms with E-state index in [9.17, 15) is 18.5 Å². The number of ether oxygens (including phenoxy) is 1. The first kappa shape index (κ1) is 20.2. The van der Waals surface area contributed by atoms with Gasteiger partial charge in [-0.3, -0.25) is 15.0 Å². The van der Waals surface area contributed by atoms with Crippen LogP contribution in [0.5, 0.6) is 5.75 Å². The summed E-state index contributed by atoms with van der Waals surface area (Å²) in [4.78, 5) is 12.4. The molecule has 2 aromatic carbocycles. The van der Waals surface area contributed by atoms with Crippen LogP contribution in [0.2, 0.25) is 0 Å². The number of non-ortho nitro benzene ring substituents is 1. The third-order valence-electron chi connectivity index (χ3n) is 4.88. The highest BCUT2D eigenvalue weighted by molar-refractivity contribution is 7.89. The molecule has 1 aliphatic heterocycles. The number of rotatable bonds is 8. The van der Waals surface area contributed by atoms with E-state index in [-0.39, 0.29) is 23.2 Å². The van der Waals surface area contributed by atoms with E-state index >= 15 is 0 Å². The fraction of sp³-hybridized carbons (Fsp3) is 0.368. The summed E-state index contributed by atoms with van der Waals surface area (Å²) in [5.74, 6) is 0.703. The van der Waals surface area contributed by atoms with Gasteiger partial charge in [-0.15, -0.1) is 0 Å². The van der Waals surface area contributed by atoms with Gasteiger partial charge in [0.1, 0.15) is 5.75 Å². The van der Waals surface area contributed by atoms with Crippen LogP contribution in [-0.2, 0) is 10.0 Å². The molecule has 1 fully saturated rings. The van der Waals surface area contributed by atoms with E-state index in [1.807, 2.05) is 24.3 Å². The Balaban J connectivity index is 1.85. The molecule has 28 heavy (non-hydrogen) atoms. The Bertz CT molecular complexity index is 942. The van der Waals surface area contributed by atoms with Gasteiger partial charge in [0.05, 0.1) is 23.0 Å². The molecule has 0 amide bonds. The number of benzene rings is 2. The van der Waals surface area contributed by atoms with Gasteiger partial charge in [-0.25, -0.2) is 13.1 Å². The second-order valence-electron chi connectivity index (χ2n) is 6.61. The third kappa shape index (κ3) is 4.49. The predicted octanol–water partition coefficient (Wildman–Crippen LogP) is 2.72. The van der Waals surface area contributed by atoms with E-state index in [0.29, 0.717) is 5.75 Å².